The van der Waals surface area contributed by atoms with E-state index in [4.69, 9.17) is 9.47 Å². The van der Waals surface area contributed by atoms with Crippen LogP contribution in [0.1, 0.15) is 27.6 Å². The molecule has 1 aliphatic rings. The van der Waals surface area contributed by atoms with Crippen LogP contribution < -0.4 is 0 Å². The molecular weight excluding hydrogens is 546 g/mol. The van der Waals surface area contributed by atoms with E-state index in [0.29, 0.717) is 20.1 Å². The summed E-state index contributed by atoms with van der Waals surface area (Å²) in [6.45, 7) is 3.75. The van der Waals surface area contributed by atoms with Gasteiger partial charge in [-0.25, -0.2) is 0 Å². The molecule has 164 valence electrons. The van der Waals surface area contributed by atoms with Crippen LogP contribution in [-0.4, -0.2) is 18.3 Å². The maximum atomic E-state index is 16.1. The van der Waals surface area contributed by atoms with Crippen molar-refractivity contribution in [2.75, 3.05) is 6.61 Å². The second kappa shape index (κ2) is 8.98. The third-order valence-electron chi connectivity index (χ3n) is 5.25. The van der Waals surface area contributed by atoms with Crippen molar-refractivity contribution in [3.63, 3.8) is 0 Å². The number of rotatable bonds is 5. The highest BCUT2D eigenvalue weighted by molar-refractivity contribution is 9.10. The molecule has 1 saturated heterocycles. The van der Waals surface area contributed by atoms with Gasteiger partial charge in [-0.2, -0.15) is 8.78 Å². The van der Waals surface area contributed by atoms with Crippen molar-refractivity contribution in [2.24, 2.45) is 0 Å². The summed E-state index contributed by atoms with van der Waals surface area (Å²) in [4.78, 5) is 13.1. The predicted molar refractivity (Wildman–Crippen MR) is 125 cm³/mol. The minimum absolute atomic E-state index is 0.0320. The summed E-state index contributed by atoms with van der Waals surface area (Å²) < 4.78 is 45.2. The van der Waals surface area contributed by atoms with Gasteiger partial charge in [0.25, 0.3) is 5.79 Å². The normalized spacial score (nSPS) is 21.4. The maximum absolute atomic E-state index is 16.1. The number of hydrogen-bond donors (Lipinski definition) is 0. The Hall–Kier alpha value is -2.19. The lowest BCUT2D eigenvalue weighted by Gasteiger charge is -2.45. The largest absolute Gasteiger partial charge is 0.366 e. The van der Waals surface area contributed by atoms with Gasteiger partial charge in [-0.3, -0.25) is 4.79 Å². The van der Waals surface area contributed by atoms with E-state index in [0.717, 1.165) is 0 Å². The Bertz CT molecular complexity index is 1130. The molecule has 7 heteroatoms. The van der Waals surface area contributed by atoms with E-state index in [9.17, 15) is 4.79 Å². The van der Waals surface area contributed by atoms with E-state index in [1.165, 1.54) is 36.4 Å². The Morgan fingerprint density at radius 3 is 2.09 bits per heavy atom. The van der Waals surface area contributed by atoms with Crippen LogP contribution in [0.3, 0.4) is 0 Å². The molecule has 1 heterocycles. The number of carbonyl (C=O) groups is 1. The number of hydrogen-bond acceptors (Lipinski definition) is 3. The van der Waals surface area contributed by atoms with Gasteiger partial charge in [-0.05, 0) is 35.4 Å². The van der Waals surface area contributed by atoms with Crippen LogP contribution in [0.15, 0.2) is 100.0 Å². The van der Waals surface area contributed by atoms with E-state index >= 15 is 8.78 Å². The van der Waals surface area contributed by atoms with Gasteiger partial charge in [0.1, 0.15) is 6.10 Å². The summed E-state index contributed by atoms with van der Waals surface area (Å²) in [5, 5.41) is 0. The second-order valence-corrected chi connectivity index (χ2v) is 9.22. The van der Waals surface area contributed by atoms with Crippen LogP contribution in [0.2, 0.25) is 0 Å². The standard InChI is InChI=1S/C25H18Br2F2O3/c1-16-15-31-25(19-9-13-21(27)14-10-19,32-22(16)17-5-3-2-4-6-17)24(28,29)23(30)18-7-11-20(26)12-8-18/h2-14,22H,1,15H2/t22-,25-/m1/s1. The highest BCUT2D eigenvalue weighted by Gasteiger charge is 2.65. The topological polar surface area (TPSA) is 35.5 Å². The monoisotopic (exact) mass is 562 g/mol. The second-order valence-electron chi connectivity index (χ2n) is 7.39. The van der Waals surface area contributed by atoms with Crippen LogP contribution in [0, 0.1) is 0 Å². The molecule has 0 amide bonds. The maximum Gasteiger partial charge on any atom is 0.366 e. The summed E-state index contributed by atoms with van der Waals surface area (Å²) in [6, 6.07) is 20.8. The summed E-state index contributed by atoms with van der Waals surface area (Å²) in [6.07, 6.45) is -0.878. The number of ketones is 1. The fourth-order valence-corrected chi connectivity index (χ4v) is 4.11. The zero-order valence-electron chi connectivity index (χ0n) is 16.7. The van der Waals surface area contributed by atoms with Crippen molar-refractivity contribution in [3.05, 3.63) is 117 Å². The average Bonchev–Trinajstić information content (AvgIpc) is 2.80. The van der Waals surface area contributed by atoms with Crippen LogP contribution >= 0.6 is 31.9 Å². The van der Waals surface area contributed by atoms with Crippen LogP contribution in [0.4, 0.5) is 8.78 Å². The van der Waals surface area contributed by atoms with Crippen molar-refractivity contribution in [1.82, 2.24) is 0 Å². The fraction of sp³-hybridized carbons (Fsp3) is 0.160. The van der Waals surface area contributed by atoms with E-state index in [1.54, 1.807) is 36.4 Å². The zero-order chi connectivity index (χ0) is 22.9. The van der Waals surface area contributed by atoms with Gasteiger partial charge < -0.3 is 9.47 Å². The molecule has 3 aromatic carbocycles. The Morgan fingerprint density at radius 1 is 0.938 bits per heavy atom. The van der Waals surface area contributed by atoms with Gasteiger partial charge in [-0.1, -0.05) is 93.0 Å². The molecule has 3 aromatic rings. The first-order valence-electron chi connectivity index (χ1n) is 9.73. The van der Waals surface area contributed by atoms with Crippen LogP contribution in [0.25, 0.3) is 0 Å². The lowest BCUT2D eigenvalue weighted by Crippen LogP contribution is -2.57. The lowest BCUT2D eigenvalue weighted by molar-refractivity contribution is -0.357. The van der Waals surface area contributed by atoms with Crippen molar-refractivity contribution in [2.45, 2.75) is 17.8 Å². The summed E-state index contributed by atoms with van der Waals surface area (Å²) in [5.74, 6) is -8.07. The minimum Gasteiger partial charge on any atom is -0.336 e. The summed E-state index contributed by atoms with van der Waals surface area (Å²) in [7, 11) is 0. The number of alkyl halides is 2. The van der Waals surface area contributed by atoms with Crippen molar-refractivity contribution >= 4 is 37.6 Å². The van der Waals surface area contributed by atoms with Gasteiger partial charge >= 0.3 is 5.92 Å². The van der Waals surface area contributed by atoms with E-state index < -0.39 is 23.6 Å². The van der Waals surface area contributed by atoms with Gasteiger partial charge in [0.15, 0.2) is 0 Å². The van der Waals surface area contributed by atoms with Crippen LogP contribution in [0.5, 0.6) is 0 Å². The first-order chi connectivity index (χ1) is 15.2. The highest BCUT2D eigenvalue weighted by Crippen LogP contribution is 2.51. The SMILES string of the molecule is C=C1CO[C@@](c2ccc(Br)cc2)(C(F)(F)C(=O)c2ccc(Br)cc2)O[C@H]1c1ccccc1. The van der Waals surface area contributed by atoms with Gasteiger partial charge in [0, 0.05) is 20.1 Å². The molecular formula is C25H18Br2F2O3. The van der Waals surface area contributed by atoms with Gasteiger partial charge in [0.05, 0.1) is 6.61 Å². The molecule has 0 bridgehead atoms. The molecule has 2 atom stereocenters. The molecule has 1 aliphatic heterocycles. The summed E-state index contributed by atoms with van der Waals surface area (Å²) in [5.41, 5.74) is 1.01. The van der Waals surface area contributed by atoms with E-state index in [1.807, 2.05) is 6.07 Å². The van der Waals surface area contributed by atoms with Gasteiger partial charge in [0.2, 0.25) is 5.78 Å². The third-order valence-corrected chi connectivity index (χ3v) is 6.30. The molecule has 0 aromatic heterocycles. The molecule has 3 nitrogen and oxygen atoms in total. The Labute approximate surface area is 201 Å². The third kappa shape index (κ3) is 4.10. The Balaban J connectivity index is 1.84. The number of halogens is 4. The molecule has 1 fully saturated rings. The van der Waals surface area contributed by atoms with E-state index in [2.05, 4.69) is 38.4 Å². The fourth-order valence-electron chi connectivity index (χ4n) is 3.58. The van der Waals surface area contributed by atoms with E-state index in [-0.39, 0.29) is 17.7 Å². The van der Waals surface area contributed by atoms with Crippen molar-refractivity contribution < 1.29 is 23.0 Å². The van der Waals surface area contributed by atoms with Crippen LogP contribution in [-0.2, 0) is 15.3 Å². The highest BCUT2D eigenvalue weighted by atomic mass is 79.9. The first-order valence-corrected chi connectivity index (χ1v) is 11.3. The Kier molecular flexibility index (Phi) is 6.45. The molecule has 4 rings (SSSR count). The molecule has 0 spiro atoms. The van der Waals surface area contributed by atoms with Crippen molar-refractivity contribution in [3.8, 4) is 0 Å². The predicted octanol–water partition coefficient (Wildman–Crippen LogP) is 7.23. The molecule has 0 aliphatic carbocycles. The summed E-state index contributed by atoms with van der Waals surface area (Å²) >= 11 is 6.57. The minimum atomic E-state index is -4.04. The number of benzene rings is 3. The zero-order valence-corrected chi connectivity index (χ0v) is 19.9. The molecule has 0 N–H and O–H groups in total. The van der Waals surface area contributed by atoms with Gasteiger partial charge in [-0.15, -0.1) is 0 Å². The molecule has 0 saturated carbocycles. The average molecular weight is 564 g/mol. The van der Waals surface area contributed by atoms with Crippen molar-refractivity contribution in [1.29, 1.82) is 0 Å². The quantitative estimate of drug-likeness (QED) is 0.243. The first kappa shape index (κ1) is 23.0. The molecule has 0 unspecified atom stereocenters. The molecule has 0 radical (unpaired) electrons. The lowest BCUT2D eigenvalue weighted by atomic mass is 9.90. The smallest absolute Gasteiger partial charge is 0.336 e. The number of Topliss-reactive ketones (excluding diaryl/α,β-unsaturated/α-hetero) is 1. The Morgan fingerprint density at radius 2 is 1.50 bits per heavy atom. The molecule has 32 heavy (non-hydrogen) atoms. The number of ether oxygens (including phenoxy) is 2. The number of carbonyl (C=O) groups excluding carboxylic acids is 1.